The molecule has 0 radical (unpaired) electrons. The number of nitrogens with two attached hydrogens (primary N) is 1. The Labute approximate surface area is 126 Å². The van der Waals surface area contributed by atoms with Gasteiger partial charge in [0.15, 0.2) is 0 Å². The number of hydrogen-bond acceptors (Lipinski definition) is 3. The summed E-state index contributed by atoms with van der Waals surface area (Å²) in [5.41, 5.74) is 7.34. The summed E-state index contributed by atoms with van der Waals surface area (Å²) in [6.45, 7) is 5.01. The van der Waals surface area contributed by atoms with E-state index >= 15 is 0 Å². The minimum Gasteiger partial charge on any atom is -0.359 e. The van der Waals surface area contributed by atoms with Crippen LogP contribution in [0.1, 0.15) is 24.5 Å². The molecular formula is C17H23N3O. The Morgan fingerprint density at radius 2 is 2.33 bits per heavy atom. The van der Waals surface area contributed by atoms with Crippen LogP contribution in [-0.2, 0) is 11.3 Å². The van der Waals surface area contributed by atoms with Gasteiger partial charge in [-0.05, 0) is 37.6 Å². The van der Waals surface area contributed by atoms with E-state index in [1.807, 2.05) is 19.1 Å². The van der Waals surface area contributed by atoms with Gasteiger partial charge in [0, 0.05) is 25.7 Å². The Balaban J connectivity index is 2.02. The van der Waals surface area contributed by atoms with Crippen molar-refractivity contribution in [3.8, 4) is 11.8 Å². The number of carbonyl (C=O) groups excluding carboxylic acids is 1. The first-order chi connectivity index (χ1) is 10.1. The number of hydrogen-bond donors (Lipinski definition) is 2. The number of likely N-dealkylation sites (tertiary alicyclic amines) is 1. The van der Waals surface area contributed by atoms with Crippen molar-refractivity contribution in [2.24, 2.45) is 11.1 Å². The fourth-order valence-electron chi connectivity index (χ4n) is 2.84. The predicted octanol–water partition coefficient (Wildman–Crippen LogP) is 0.955. The molecule has 1 aliphatic heterocycles. The van der Waals surface area contributed by atoms with Gasteiger partial charge in [-0.3, -0.25) is 9.69 Å². The zero-order chi connectivity index (χ0) is 15.3. The molecule has 21 heavy (non-hydrogen) atoms. The summed E-state index contributed by atoms with van der Waals surface area (Å²) >= 11 is 0. The minimum absolute atomic E-state index is 0.132. The molecule has 3 N–H and O–H groups in total. The first kappa shape index (κ1) is 15.6. The van der Waals surface area contributed by atoms with Crippen LogP contribution in [0.2, 0.25) is 0 Å². The van der Waals surface area contributed by atoms with Crippen molar-refractivity contribution in [2.45, 2.75) is 19.9 Å². The molecule has 1 aromatic carbocycles. The molecule has 0 bridgehead atoms. The van der Waals surface area contributed by atoms with Crippen molar-refractivity contribution in [3.63, 3.8) is 0 Å². The van der Waals surface area contributed by atoms with Gasteiger partial charge in [-0.25, -0.2) is 0 Å². The second-order valence-electron chi connectivity index (χ2n) is 5.81. The molecule has 1 aliphatic rings. The molecule has 0 aliphatic carbocycles. The number of nitrogens with zero attached hydrogens (tertiary/aromatic N) is 1. The van der Waals surface area contributed by atoms with Crippen molar-refractivity contribution in [1.82, 2.24) is 10.2 Å². The van der Waals surface area contributed by atoms with Crippen LogP contribution in [0.3, 0.4) is 0 Å². The normalized spacial score (nSPS) is 21.7. The molecule has 0 spiro atoms. The van der Waals surface area contributed by atoms with Gasteiger partial charge in [-0.15, -0.1) is 0 Å². The van der Waals surface area contributed by atoms with E-state index in [0.717, 1.165) is 31.6 Å². The van der Waals surface area contributed by atoms with Crippen molar-refractivity contribution >= 4 is 5.91 Å². The van der Waals surface area contributed by atoms with E-state index in [-0.39, 0.29) is 11.3 Å². The van der Waals surface area contributed by atoms with E-state index in [0.29, 0.717) is 6.54 Å². The second kappa shape index (κ2) is 6.75. The van der Waals surface area contributed by atoms with Crippen LogP contribution in [0.25, 0.3) is 0 Å². The molecule has 1 fully saturated rings. The molecule has 4 heteroatoms. The van der Waals surface area contributed by atoms with Gasteiger partial charge < -0.3 is 11.1 Å². The van der Waals surface area contributed by atoms with Gasteiger partial charge in [0.25, 0.3) is 0 Å². The van der Waals surface area contributed by atoms with Crippen molar-refractivity contribution in [2.75, 3.05) is 26.7 Å². The van der Waals surface area contributed by atoms with Crippen LogP contribution in [0, 0.1) is 17.3 Å². The van der Waals surface area contributed by atoms with E-state index in [4.69, 9.17) is 5.73 Å². The molecule has 0 saturated carbocycles. The van der Waals surface area contributed by atoms with Crippen molar-refractivity contribution in [3.05, 3.63) is 35.4 Å². The van der Waals surface area contributed by atoms with Crippen molar-refractivity contribution in [1.29, 1.82) is 0 Å². The Bertz CT molecular complexity index is 573. The zero-order valence-electron chi connectivity index (χ0n) is 12.8. The molecule has 1 saturated heterocycles. The van der Waals surface area contributed by atoms with Crippen LogP contribution in [-0.4, -0.2) is 37.5 Å². The predicted molar refractivity (Wildman–Crippen MR) is 84.4 cm³/mol. The molecule has 1 atom stereocenters. The fourth-order valence-corrected chi connectivity index (χ4v) is 2.84. The maximum Gasteiger partial charge on any atom is 0.227 e. The molecule has 1 aromatic rings. The first-order valence-electron chi connectivity index (χ1n) is 7.30. The molecule has 112 valence electrons. The van der Waals surface area contributed by atoms with Gasteiger partial charge >= 0.3 is 0 Å². The molecule has 4 nitrogen and oxygen atoms in total. The second-order valence-corrected chi connectivity index (χ2v) is 5.81. The number of amides is 1. The highest BCUT2D eigenvalue weighted by atomic mass is 16.2. The van der Waals surface area contributed by atoms with Crippen molar-refractivity contribution < 1.29 is 4.79 Å². The Kier molecular flexibility index (Phi) is 5.00. The topological polar surface area (TPSA) is 58.4 Å². The number of nitrogens with one attached hydrogen (secondary N) is 1. The summed E-state index contributed by atoms with van der Waals surface area (Å²) in [4.78, 5) is 14.3. The van der Waals surface area contributed by atoms with Gasteiger partial charge in [0.05, 0.1) is 12.0 Å². The highest BCUT2D eigenvalue weighted by Crippen LogP contribution is 2.30. The Morgan fingerprint density at radius 3 is 3.05 bits per heavy atom. The third-order valence-corrected chi connectivity index (χ3v) is 4.00. The molecule has 1 amide bonds. The number of carbonyl (C=O) groups is 1. The Morgan fingerprint density at radius 1 is 1.52 bits per heavy atom. The molecule has 2 rings (SSSR count). The van der Waals surface area contributed by atoms with E-state index in [9.17, 15) is 4.79 Å². The average molecular weight is 285 g/mol. The van der Waals surface area contributed by atoms with Gasteiger partial charge in [-0.2, -0.15) is 0 Å². The van der Waals surface area contributed by atoms with Crippen LogP contribution in [0.5, 0.6) is 0 Å². The SMILES string of the molecule is CNC(=O)C1(C)CCN(Cc2cccc(C#CCN)c2)C1. The van der Waals surface area contributed by atoms with Gasteiger partial charge in [-0.1, -0.05) is 24.0 Å². The minimum atomic E-state index is -0.272. The maximum atomic E-state index is 11.9. The molecular weight excluding hydrogens is 262 g/mol. The quantitative estimate of drug-likeness (QED) is 0.813. The van der Waals surface area contributed by atoms with Crippen LogP contribution in [0.15, 0.2) is 24.3 Å². The highest BCUT2D eigenvalue weighted by molar-refractivity contribution is 5.82. The zero-order valence-corrected chi connectivity index (χ0v) is 12.8. The first-order valence-corrected chi connectivity index (χ1v) is 7.30. The van der Waals surface area contributed by atoms with Gasteiger partial charge in [0.1, 0.15) is 0 Å². The van der Waals surface area contributed by atoms with E-state index in [1.54, 1.807) is 7.05 Å². The molecule has 1 heterocycles. The lowest BCUT2D eigenvalue weighted by molar-refractivity contribution is -0.129. The lowest BCUT2D eigenvalue weighted by Gasteiger charge is -2.22. The van der Waals surface area contributed by atoms with Crippen LogP contribution in [0.4, 0.5) is 0 Å². The standard InChI is InChI=1S/C17H23N3O/c1-17(16(21)19-2)8-10-20(13-17)12-15-6-3-5-14(11-15)7-4-9-18/h3,5-6,11H,8-10,12-13,18H2,1-2H3,(H,19,21). The third kappa shape index (κ3) is 3.84. The van der Waals surface area contributed by atoms with E-state index < -0.39 is 0 Å². The van der Waals surface area contributed by atoms with Crippen LogP contribution < -0.4 is 11.1 Å². The Hall–Kier alpha value is -1.83. The highest BCUT2D eigenvalue weighted by Gasteiger charge is 2.39. The molecule has 1 unspecified atom stereocenters. The monoisotopic (exact) mass is 285 g/mol. The summed E-state index contributed by atoms with van der Waals surface area (Å²) < 4.78 is 0. The smallest absolute Gasteiger partial charge is 0.227 e. The largest absolute Gasteiger partial charge is 0.359 e. The summed E-state index contributed by atoms with van der Waals surface area (Å²) in [7, 11) is 1.70. The average Bonchev–Trinajstić information content (AvgIpc) is 2.87. The molecule has 0 aromatic heterocycles. The maximum absolute atomic E-state index is 11.9. The van der Waals surface area contributed by atoms with E-state index in [2.05, 4.69) is 34.2 Å². The summed E-state index contributed by atoms with van der Waals surface area (Å²) in [6.07, 6.45) is 0.902. The third-order valence-electron chi connectivity index (χ3n) is 4.00. The summed E-state index contributed by atoms with van der Waals surface area (Å²) in [5, 5.41) is 2.77. The lowest BCUT2D eigenvalue weighted by atomic mass is 9.89. The van der Waals surface area contributed by atoms with Gasteiger partial charge in [0.2, 0.25) is 5.91 Å². The lowest BCUT2D eigenvalue weighted by Crippen LogP contribution is -2.39. The fraction of sp³-hybridized carbons (Fsp3) is 0.471. The van der Waals surface area contributed by atoms with E-state index in [1.165, 1.54) is 5.56 Å². The summed E-state index contributed by atoms with van der Waals surface area (Å²) in [5.74, 6) is 6.06. The van der Waals surface area contributed by atoms with Crippen LogP contribution >= 0.6 is 0 Å². The number of benzene rings is 1. The summed E-state index contributed by atoms with van der Waals surface area (Å²) in [6, 6.07) is 8.20. The number of rotatable bonds is 3.